The van der Waals surface area contributed by atoms with Crippen LogP contribution < -0.4 is 0 Å². The van der Waals surface area contributed by atoms with E-state index in [1.165, 1.54) is 11.3 Å². The third-order valence-corrected chi connectivity index (χ3v) is 3.66. The Kier molecular flexibility index (Phi) is 3.82. The molecule has 0 spiro atoms. The summed E-state index contributed by atoms with van der Waals surface area (Å²) in [5.74, 6) is 1.08. The predicted molar refractivity (Wildman–Crippen MR) is 66.0 cm³/mol. The van der Waals surface area contributed by atoms with E-state index in [9.17, 15) is 0 Å². The first-order chi connectivity index (χ1) is 7.72. The topological polar surface area (TPSA) is 22.1 Å². The second-order valence-electron chi connectivity index (χ2n) is 4.46. The van der Waals surface area contributed by atoms with Crippen LogP contribution in [-0.4, -0.2) is 18.2 Å². The quantitative estimate of drug-likeness (QED) is 0.806. The minimum Gasteiger partial charge on any atom is -0.381 e. The molecule has 16 heavy (non-hydrogen) atoms. The van der Waals surface area contributed by atoms with Gasteiger partial charge in [0.1, 0.15) is 0 Å². The summed E-state index contributed by atoms with van der Waals surface area (Å²) in [6.07, 6.45) is 3.89. The molecule has 1 aliphatic heterocycles. The maximum absolute atomic E-state index is 5.97. The Bertz CT molecular complexity index is 361. The van der Waals surface area contributed by atoms with E-state index in [4.69, 9.17) is 16.3 Å². The number of hydrogen-bond donors (Lipinski definition) is 0. The number of pyridine rings is 1. The van der Waals surface area contributed by atoms with Crippen LogP contribution in [0.3, 0.4) is 0 Å². The summed E-state index contributed by atoms with van der Waals surface area (Å²) in [5.41, 5.74) is 2.47. The third-order valence-electron chi connectivity index (χ3n) is 3.45. The van der Waals surface area contributed by atoms with Gasteiger partial charge in [-0.15, -0.1) is 0 Å². The van der Waals surface area contributed by atoms with Gasteiger partial charge in [0.15, 0.2) is 0 Å². The van der Waals surface area contributed by atoms with Crippen LogP contribution >= 0.6 is 11.6 Å². The van der Waals surface area contributed by atoms with Crippen molar-refractivity contribution in [2.75, 3.05) is 13.2 Å². The zero-order valence-electron chi connectivity index (χ0n) is 9.87. The van der Waals surface area contributed by atoms with Crippen molar-refractivity contribution >= 4 is 11.6 Å². The summed E-state index contributed by atoms with van der Waals surface area (Å²) in [4.78, 5) is 4.51. The Morgan fingerprint density at radius 1 is 1.62 bits per heavy atom. The molecule has 2 unspecified atom stereocenters. The highest BCUT2D eigenvalue weighted by molar-refractivity contribution is 6.30. The van der Waals surface area contributed by atoms with E-state index in [0.717, 1.165) is 31.1 Å². The van der Waals surface area contributed by atoms with Gasteiger partial charge in [0, 0.05) is 24.4 Å². The van der Waals surface area contributed by atoms with Crippen molar-refractivity contribution < 1.29 is 4.74 Å². The lowest BCUT2D eigenvalue weighted by Gasteiger charge is -2.19. The highest BCUT2D eigenvalue weighted by atomic mass is 35.5. The van der Waals surface area contributed by atoms with Crippen molar-refractivity contribution in [3.63, 3.8) is 0 Å². The average Bonchev–Trinajstić information content (AvgIpc) is 2.81. The summed E-state index contributed by atoms with van der Waals surface area (Å²) in [6, 6.07) is 2.04. The molecule has 2 rings (SSSR count). The fourth-order valence-corrected chi connectivity index (χ4v) is 2.54. The number of aryl methyl sites for hydroxylation is 1. The Morgan fingerprint density at radius 2 is 2.44 bits per heavy atom. The number of nitrogens with zero attached hydrogens (tertiary/aromatic N) is 1. The van der Waals surface area contributed by atoms with Gasteiger partial charge in [-0.1, -0.05) is 25.4 Å². The standard InChI is InChI=1S/C13H18ClNO/c1-3-10-6-12(14)7-15-13(10)9(2)11-4-5-16-8-11/h6-7,9,11H,3-5,8H2,1-2H3. The van der Waals surface area contributed by atoms with Crippen LogP contribution in [-0.2, 0) is 11.2 Å². The molecule has 1 saturated heterocycles. The Morgan fingerprint density at radius 3 is 3.06 bits per heavy atom. The minimum atomic E-state index is 0.467. The Labute approximate surface area is 102 Å². The SMILES string of the molecule is CCc1cc(Cl)cnc1C(C)C1CCOC1. The van der Waals surface area contributed by atoms with Crippen LogP contribution in [0.5, 0.6) is 0 Å². The molecule has 2 heterocycles. The molecule has 1 aromatic rings. The lowest BCUT2D eigenvalue weighted by molar-refractivity contribution is 0.181. The summed E-state index contributed by atoms with van der Waals surface area (Å²) in [5, 5.41) is 0.732. The fourth-order valence-electron chi connectivity index (χ4n) is 2.36. The van der Waals surface area contributed by atoms with Gasteiger partial charge in [0.05, 0.1) is 11.6 Å². The molecule has 88 valence electrons. The van der Waals surface area contributed by atoms with Gasteiger partial charge in [-0.2, -0.15) is 0 Å². The number of hydrogen-bond acceptors (Lipinski definition) is 2. The molecule has 0 aliphatic carbocycles. The van der Waals surface area contributed by atoms with Crippen molar-refractivity contribution in [1.82, 2.24) is 4.98 Å². The van der Waals surface area contributed by atoms with Crippen molar-refractivity contribution in [1.29, 1.82) is 0 Å². The number of rotatable bonds is 3. The van der Waals surface area contributed by atoms with Crippen molar-refractivity contribution in [2.45, 2.75) is 32.6 Å². The number of ether oxygens (including phenoxy) is 1. The second-order valence-corrected chi connectivity index (χ2v) is 4.90. The lowest BCUT2D eigenvalue weighted by Crippen LogP contribution is -2.13. The first-order valence-corrected chi connectivity index (χ1v) is 6.32. The molecule has 0 aromatic carbocycles. The molecule has 0 bridgehead atoms. The Hall–Kier alpha value is -0.600. The normalized spacial score (nSPS) is 22.3. The van der Waals surface area contributed by atoms with Crippen molar-refractivity contribution in [3.05, 3.63) is 28.5 Å². The molecule has 0 saturated carbocycles. The molecule has 2 atom stereocenters. The molecular formula is C13H18ClNO. The number of halogens is 1. The summed E-state index contributed by atoms with van der Waals surface area (Å²) >= 11 is 5.97. The van der Waals surface area contributed by atoms with Gasteiger partial charge in [-0.25, -0.2) is 0 Å². The van der Waals surface area contributed by atoms with Crippen LogP contribution in [0.1, 0.15) is 37.4 Å². The van der Waals surface area contributed by atoms with Crippen LogP contribution in [0.15, 0.2) is 12.3 Å². The third kappa shape index (κ3) is 2.38. The molecule has 3 heteroatoms. The zero-order chi connectivity index (χ0) is 11.5. The van der Waals surface area contributed by atoms with Crippen molar-refractivity contribution in [2.24, 2.45) is 5.92 Å². The van der Waals surface area contributed by atoms with E-state index >= 15 is 0 Å². The molecule has 2 nitrogen and oxygen atoms in total. The molecule has 0 N–H and O–H groups in total. The maximum atomic E-state index is 5.97. The molecule has 0 amide bonds. The van der Waals surface area contributed by atoms with Gasteiger partial charge in [-0.3, -0.25) is 4.98 Å². The lowest BCUT2D eigenvalue weighted by atomic mass is 9.87. The summed E-state index contributed by atoms with van der Waals surface area (Å²) < 4.78 is 5.44. The van der Waals surface area contributed by atoms with E-state index in [-0.39, 0.29) is 0 Å². The molecule has 0 radical (unpaired) electrons. The monoisotopic (exact) mass is 239 g/mol. The molecule has 1 fully saturated rings. The van der Waals surface area contributed by atoms with E-state index in [1.54, 1.807) is 6.20 Å². The first-order valence-electron chi connectivity index (χ1n) is 5.94. The van der Waals surface area contributed by atoms with E-state index in [2.05, 4.69) is 18.8 Å². The Balaban J connectivity index is 2.24. The molecule has 1 aromatic heterocycles. The van der Waals surface area contributed by atoms with Gasteiger partial charge in [0.2, 0.25) is 0 Å². The summed E-state index contributed by atoms with van der Waals surface area (Å²) in [6.45, 7) is 6.15. The van der Waals surface area contributed by atoms with Crippen molar-refractivity contribution in [3.8, 4) is 0 Å². The van der Waals surface area contributed by atoms with Crippen LogP contribution in [0, 0.1) is 5.92 Å². The fraction of sp³-hybridized carbons (Fsp3) is 0.615. The summed E-state index contributed by atoms with van der Waals surface area (Å²) in [7, 11) is 0. The number of aromatic nitrogens is 1. The van der Waals surface area contributed by atoms with E-state index in [0.29, 0.717) is 11.8 Å². The predicted octanol–water partition coefficient (Wildman–Crippen LogP) is 3.44. The van der Waals surface area contributed by atoms with Crippen LogP contribution in [0.25, 0.3) is 0 Å². The maximum Gasteiger partial charge on any atom is 0.0592 e. The van der Waals surface area contributed by atoms with Gasteiger partial charge >= 0.3 is 0 Å². The zero-order valence-corrected chi connectivity index (χ0v) is 10.6. The van der Waals surface area contributed by atoms with Crippen LogP contribution in [0.2, 0.25) is 5.02 Å². The minimum absolute atomic E-state index is 0.467. The van der Waals surface area contributed by atoms with Crippen LogP contribution in [0.4, 0.5) is 0 Å². The highest BCUT2D eigenvalue weighted by Crippen LogP contribution is 2.32. The highest BCUT2D eigenvalue weighted by Gasteiger charge is 2.25. The second kappa shape index (κ2) is 5.15. The molecular weight excluding hydrogens is 222 g/mol. The van der Waals surface area contributed by atoms with Gasteiger partial charge < -0.3 is 4.74 Å². The van der Waals surface area contributed by atoms with Gasteiger partial charge in [-0.05, 0) is 30.4 Å². The molecule has 1 aliphatic rings. The first kappa shape index (κ1) is 11.9. The smallest absolute Gasteiger partial charge is 0.0592 e. The van der Waals surface area contributed by atoms with Gasteiger partial charge in [0.25, 0.3) is 0 Å². The largest absolute Gasteiger partial charge is 0.381 e. The van der Waals surface area contributed by atoms with E-state index < -0.39 is 0 Å². The average molecular weight is 240 g/mol. The van der Waals surface area contributed by atoms with E-state index in [1.807, 2.05) is 6.07 Å².